The zero-order valence-corrected chi connectivity index (χ0v) is 11.0. The minimum Gasteiger partial charge on any atom is -0.313 e. The van der Waals surface area contributed by atoms with Crippen LogP contribution in [0.2, 0.25) is 0 Å². The van der Waals surface area contributed by atoms with Crippen molar-refractivity contribution in [3.05, 3.63) is 0 Å². The average Bonchev–Trinajstić information content (AvgIpc) is 3.16. The quantitative estimate of drug-likeness (QED) is 0.549. The van der Waals surface area contributed by atoms with E-state index in [1.165, 1.54) is 70.8 Å². The summed E-state index contributed by atoms with van der Waals surface area (Å²) in [4.78, 5) is 0. The van der Waals surface area contributed by atoms with E-state index < -0.39 is 0 Å². The summed E-state index contributed by atoms with van der Waals surface area (Å²) in [6, 6.07) is 0.913. The molecule has 0 radical (unpaired) electrons. The Balaban J connectivity index is 1.44. The molecule has 0 aromatic heterocycles. The van der Waals surface area contributed by atoms with E-state index in [1.807, 2.05) is 0 Å². The van der Waals surface area contributed by atoms with Crippen molar-refractivity contribution in [2.45, 2.75) is 77.2 Å². The van der Waals surface area contributed by atoms with Gasteiger partial charge in [-0.15, -0.1) is 0 Å². The summed E-state index contributed by atoms with van der Waals surface area (Å²) in [7, 11) is 0. The molecular weight excluding hydrogens is 194 g/mol. The van der Waals surface area contributed by atoms with E-state index in [4.69, 9.17) is 0 Å². The SMILES string of the molecule is CCCCCCCCNC(C1CC1)C1CC1. The second kappa shape index (κ2) is 6.64. The minimum absolute atomic E-state index is 0.913. The van der Waals surface area contributed by atoms with Crippen LogP contribution in [0.25, 0.3) is 0 Å². The van der Waals surface area contributed by atoms with Crippen LogP contribution in [0.15, 0.2) is 0 Å². The van der Waals surface area contributed by atoms with Crippen molar-refractivity contribution in [3.8, 4) is 0 Å². The van der Waals surface area contributed by atoms with Gasteiger partial charge < -0.3 is 5.32 Å². The van der Waals surface area contributed by atoms with Gasteiger partial charge in [0.2, 0.25) is 0 Å². The summed E-state index contributed by atoms with van der Waals surface area (Å²) in [5, 5.41) is 3.83. The van der Waals surface area contributed by atoms with E-state index >= 15 is 0 Å². The van der Waals surface area contributed by atoms with E-state index in [1.54, 1.807) is 0 Å². The molecule has 94 valence electrons. The Kier molecular flexibility index (Phi) is 5.15. The smallest absolute Gasteiger partial charge is 0.0124 e. The Hall–Kier alpha value is -0.0400. The number of unbranched alkanes of at least 4 members (excludes halogenated alkanes) is 5. The highest BCUT2D eigenvalue weighted by Crippen LogP contribution is 2.44. The molecule has 0 aromatic rings. The third-order valence-electron chi connectivity index (χ3n) is 4.17. The van der Waals surface area contributed by atoms with Crippen LogP contribution in [0.4, 0.5) is 0 Å². The van der Waals surface area contributed by atoms with E-state index in [2.05, 4.69) is 12.2 Å². The molecule has 0 aromatic carbocycles. The first-order valence-corrected chi connectivity index (χ1v) is 7.65. The van der Waals surface area contributed by atoms with Crippen LogP contribution in [0.3, 0.4) is 0 Å². The standard InChI is InChI=1S/C15H29N/c1-2-3-4-5-6-7-12-16-15(13-8-9-13)14-10-11-14/h13-16H,2-12H2,1H3. The van der Waals surface area contributed by atoms with Crippen LogP contribution in [0, 0.1) is 11.8 Å². The lowest BCUT2D eigenvalue weighted by Gasteiger charge is -2.17. The monoisotopic (exact) mass is 223 g/mol. The lowest BCUT2D eigenvalue weighted by Crippen LogP contribution is -2.33. The van der Waals surface area contributed by atoms with Gasteiger partial charge in [0.15, 0.2) is 0 Å². The highest BCUT2D eigenvalue weighted by molar-refractivity contribution is 4.96. The molecule has 2 aliphatic carbocycles. The van der Waals surface area contributed by atoms with Crippen LogP contribution < -0.4 is 5.32 Å². The molecule has 1 nitrogen and oxygen atoms in total. The van der Waals surface area contributed by atoms with Crippen molar-refractivity contribution < 1.29 is 0 Å². The zero-order valence-electron chi connectivity index (χ0n) is 11.0. The van der Waals surface area contributed by atoms with Crippen molar-refractivity contribution in [3.63, 3.8) is 0 Å². The predicted octanol–water partition coefficient (Wildman–Crippen LogP) is 4.13. The van der Waals surface area contributed by atoms with Crippen LogP contribution in [0.5, 0.6) is 0 Å². The maximum Gasteiger partial charge on any atom is 0.0124 e. The van der Waals surface area contributed by atoms with Gasteiger partial charge >= 0.3 is 0 Å². The van der Waals surface area contributed by atoms with Gasteiger partial charge in [0.05, 0.1) is 0 Å². The number of rotatable bonds is 10. The highest BCUT2D eigenvalue weighted by atomic mass is 14.9. The summed E-state index contributed by atoms with van der Waals surface area (Å²) in [6.07, 6.45) is 14.6. The van der Waals surface area contributed by atoms with Crippen molar-refractivity contribution >= 4 is 0 Å². The zero-order chi connectivity index (χ0) is 11.2. The van der Waals surface area contributed by atoms with E-state index in [-0.39, 0.29) is 0 Å². The fraction of sp³-hybridized carbons (Fsp3) is 1.00. The summed E-state index contributed by atoms with van der Waals surface area (Å²) in [5.41, 5.74) is 0. The third-order valence-corrected chi connectivity index (χ3v) is 4.17. The minimum atomic E-state index is 0.913. The summed E-state index contributed by atoms with van der Waals surface area (Å²) in [5.74, 6) is 2.13. The van der Waals surface area contributed by atoms with Gasteiger partial charge in [0.25, 0.3) is 0 Å². The van der Waals surface area contributed by atoms with Crippen LogP contribution in [0.1, 0.15) is 71.1 Å². The first kappa shape index (κ1) is 12.4. The lowest BCUT2D eigenvalue weighted by molar-refractivity contribution is 0.409. The molecule has 2 aliphatic rings. The maximum atomic E-state index is 3.83. The van der Waals surface area contributed by atoms with Crippen molar-refractivity contribution in [2.75, 3.05) is 6.54 Å². The Morgan fingerprint density at radius 1 is 0.875 bits per heavy atom. The summed E-state index contributed by atoms with van der Waals surface area (Å²) in [6.45, 7) is 3.57. The normalized spacial score (nSPS) is 20.6. The molecule has 0 heterocycles. The van der Waals surface area contributed by atoms with Gasteiger partial charge in [-0.25, -0.2) is 0 Å². The summed E-state index contributed by atoms with van der Waals surface area (Å²) >= 11 is 0. The second-order valence-electron chi connectivity index (χ2n) is 5.92. The molecule has 1 heteroatoms. The Morgan fingerprint density at radius 2 is 1.44 bits per heavy atom. The van der Waals surface area contributed by atoms with Gasteiger partial charge in [-0.05, 0) is 50.5 Å². The molecule has 2 fully saturated rings. The summed E-state index contributed by atoms with van der Waals surface area (Å²) < 4.78 is 0. The fourth-order valence-electron chi connectivity index (χ4n) is 2.80. The molecule has 0 unspecified atom stereocenters. The molecule has 0 bridgehead atoms. The Bertz CT molecular complexity index is 170. The highest BCUT2D eigenvalue weighted by Gasteiger charge is 2.40. The van der Waals surface area contributed by atoms with Gasteiger partial charge in [-0.2, -0.15) is 0 Å². The van der Waals surface area contributed by atoms with Crippen molar-refractivity contribution in [1.82, 2.24) is 5.32 Å². The number of nitrogens with one attached hydrogen (secondary N) is 1. The molecule has 2 saturated carbocycles. The van der Waals surface area contributed by atoms with Crippen LogP contribution in [-0.2, 0) is 0 Å². The van der Waals surface area contributed by atoms with E-state index in [0.717, 1.165) is 17.9 Å². The Morgan fingerprint density at radius 3 is 2.00 bits per heavy atom. The Labute approximate surface area is 101 Å². The number of hydrogen-bond donors (Lipinski definition) is 1. The molecule has 0 atom stereocenters. The molecule has 0 aliphatic heterocycles. The molecule has 0 spiro atoms. The van der Waals surface area contributed by atoms with Crippen LogP contribution >= 0.6 is 0 Å². The molecule has 0 amide bonds. The predicted molar refractivity (Wildman–Crippen MR) is 70.6 cm³/mol. The fourth-order valence-corrected chi connectivity index (χ4v) is 2.80. The van der Waals surface area contributed by atoms with Gasteiger partial charge in [0, 0.05) is 6.04 Å². The topological polar surface area (TPSA) is 12.0 Å². The molecule has 16 heavy (non-hydrogen) atoms. The van der Waals surface area contributed by atoms with Crippen LogP contribution in [-0.4, -0.2) is 12.6 Å². The maximum absolute atomic E-state index is 3.83. The van der Waals surface area contributed by atoms with Crippen molar-refractivity contribution in [2.24, 2.45) is 11.8 Å². The largest absolute Gasteiger partial charge is 0.313 e. The van der Waals surface area contributed by atoms with Gasteiger partial charge in [0.1, 0.15) is 0 Å². The van der Waals surface area contributed by atoms with E-state index in [9.17, 15) is 0 Å². The number of hydrogen-bond acceptors (Lipinski definition) is 1. The van der Waals surface area contributed by atoms with Gasteiger partial charge in [-0.1, -0.05) is 39.0 Å². The third kappa shape index (κ3) is 4.45. The first-order valence-electron chi connectivity index (χ1n) is 7.65. The van der Waals surface area contributed by atoms with E-state index in [0.29, 0.717) is 0 Å². The molecule has 0 saturated heterocycles. The second-order valence-corrected chi connectivity index (χ2v) is 5.92. The average molecular weight is 223 g/mol. The molecule has 1 N–H and O–H groups in total. The first-order chi connectivity index (χ1) is 7.92. The lowest BCUT2D eigenvalue weighted by atomic mass is 10.1. The molecular formula is C15H29N. The van der Waals surface area contributed by atoms with Crippen molar-refractivity contribution in [1.29, 1.82) is 0 Å². The molecule has 2 rings (SSSR count). The van der Waals surface area contributed by atoms with Gasteiger partial charge in [-0.3, -0.25) is 0 Å².